The Labute approximate surface area is 100 Å². The van der Waals surface area contributed by atoms with Crippen molar-refractivity contribution in [1.29, 1.82) is 0 Å². The van der Waals surface area contributed by atoms with Crippen LogP contribution in [0.2, 0.25) is 0 Å². The average molecular weight is 228 g/mol. The van der Waals surface area contributed by atoms with E-state index in [4.69, 9.17) is 10.6 Å². The fraction of sp³-hybridized carbons (Fsp3) is 1.00. The number of nitrogens with one attached hydrogen (secondary N) is 1. The number of hydrogen-bond donors (Lipinski definition) is 2. The molecule has 2 atom stereocenters. The highest BCUT2D eigenvalue weighted by atomic mass is 16.5. The summed E-state index contributed by atoms with van der Waals surface area (Å²) in [4.78, 5) is 0. The molecule has 0 spiro atoms. The van der Waals surface area contributed by atoms with Crippen molar-refractivity contribution in [3.05, 3.63) is 0 Å². The summed E-state index contributed by atoms with van der Waals surface area (Å²) in [5, 5.41) is 0. The lowest BCUT2D eigenvalue weighted by Gasteiger charge is -2.18. The third kappa shape index (κ3) is 5.83. The van der Waals surface area contributed by atoms with Crippen molar-refractivity contribution in [2.75, 3.05) is 6.61 Å². The Morgan fingerprint density at radius 2 is 2.12 bits per heavy atom. The van der Waals surface area contributed by atoms with Gasteiger partial charge in [0.05, 0.1) is 6.10 Å². The minimum absolute atomic E-state index is 0.475. The molecule has 0 aromatic rings. The highest BCUT2D eigenvalue weighted by Crippen LogP contribution is 2.19. The van der Waals surface area contributed by atoms with Gasteiger partial charge in [-0.2, -0.15) is 0 Å². The predicted molar refractivity (Wildman–Crippen MR) is 68.0 cm³/mol. The summed E-state index contributed by atoms with van der Waals surface area (Å²) in [5.74, 6) is 6.39. The van der Waals surface area contributed by atoms with Gasteiger partial charge in [0, 0.05) is 12.6 Å². The summed E-state index contributed by atoms with van der Waals surface area (Å²) in [5.41, 5.74) is 2.94. The lowest BCUT2D eigenvalue weighted by atomic mass is 9.99. The number of hydrogen-bond acceptors (Lipinski definition) is 3. The molecule has 0 saturated carbocycles. The zero-order valence-corrected chi connectivity index (χ0v) is 10.9. The maximum absolute atomic E-state index is 5.62. The van der Waals surface area contributed by atoms with Crippen molar-refractivity contribution in [1.82, 2.24) is 5.43 Å². The first-order valence-electron chi connectivity index (χ1n) is 6.80. The summed E-state index contributed by atoms with van der Waals surface area (Å²) in [6.45, 7) is 5.51. The Bertz CT molecular complexity index is 167. The summed E-state index contributed by atoms with van der Waals surface area (Å²) in [7, 11) is 0. The van der Waals surface area contributed by atoms with Crippen molar-refractivity contribution >= 4 is 0 Å². The van der Waals surface area contributed by atoms with Crippen LogP contribution in [0.3, 0.4) is 0 Å². The first-order chi connectivity index (χ1) is 7.72. The van der Waals surface area contributed by atoms with E-state index in [9.17, 15) is 0 Å². The quantitative estimate of drug-likeness (QED) is 0.496. The zero-order chi connectivity index (χ0) is 11.8. The lowest BCUT2D eigenvalue weighted by Crippen LogP contribution is -2.35. The van der Waals surface area contributed by atoms with E-state index in [-0.39, 0.29) is 0 Å². The van der Waals surface area contributed by atoms with E-state index in [1.165, 1.54) is 32.1 Å². The minimum Gasteiger partial charge on any atom is -0.378 e. The van der Waals surface area contributed by atoms with Crippen LogP contribution < -0.4 is 11.3 Å². The Morgan fingerprint density at radius 1 is 1.31 bits per heavy atom. The van der Waals surface area contributed by atoms with Gasteiger partial charge in [-0.25, -0.2) is 0 Å². The van der Waals surface area contributed by atoms with E-state index in [0.717, 1.165) is 25.4 Å². The van der Waals surface area contributed by atoms with Gasteiger partial charge in [-0.05, 0) is 38.0 Å². The molecule has 0 aliphatic carbocycles. The van der Waals surface area contributed by atoms with E-state index in [1.54, 1.807) is 0 Å². The van der Waals surface area contributed by atoms with Gasteiger partial charge in [-0.3, -0.25) is 11.3 Å². The van der Waals surface area contributed by atoms with Crippen molar-refractivity contribution in [3.8, 4) is 0 Å². The van der Waals surface area contributed by atoms with Crippen molar-refractivity contribution < 1.29 is 4.74 Å². The van der Waals surface area contributed by atoms with Crippen molar-refractivity contribution in [2.45, 2.75) is 70.9 Å². The second-order valence-electron chi connectivity index (χ2n) is 5.40. The van der Waals surface area contributed by atoms with E-state index >= 15 is 0 Å². The predicted octanol–water partition coefficient (Wildman–Crippen LogP) is 2.60. The maximum atomic E-state index is 5.62. The first-order valence-corrected chi connectivity index (χ1v) is 6.80. The molecule has 1 aliphatic heterocycles. The smallest absolute Gasteiger partial charge is 0.0576 e. The molecule has 0 aromatic carbocycles. The molecule has 0 bridgehead atoms. The fourth-order valence-electron chi connectivity index (χ4n) is 2.34. The molecule has 2 unspecified atom stereocenters. The molecule has 1 fully saturated rings. The Kier molecular flexibility index (Phi) is 7.01. The monoisotopic (exact) mass is 228 g/mol. The third-order valence-electron chi connectivity index (χ3n) is 3.43. The highest BCUT2D eigenvalue weighted by Gasteiger charge is 2.17. The number of ether oxygens (including phenoxy) is 1. The Morgan fingerprint density at radius 3 is 2.69 bits per heavy atom. The number of rotatable bonds is 8. The van der Waals surface area contributed by atoms with Crippen LogP contribution in [0, 0.1) is 5.92 Å². The molecule has 3 N–H and O–H groups in total. The Hall–Kier alpha value is -0.120. The molecule has 0 radical (unpaired) electrons. The van der Waals surface area contributed by atoms with Crippen LogP contribution in [-0.2, 0) is 4.74 Å². The molecule has 0 aromatic heterocycles. The van der Waals surface area contributed by atoms with E-state index < -0.39 is 0 Å². The minimum atomic E-state index is 0.475. The molecule has 16 heavy (non-hydrogen) atoms. The first kappa shape index (κ1) is 13.9. The van der Waals surface area contributed by atoms with Gasteiger partial charge in [0.15, 0.2) is 0 Å². The summed E-state index contributed by atoms with van der Waals surface area (Å²) < 4.78 is 5.62. The zero-order valence-electron chi connectivity index (χ0n) is 10.9. The Balaban J connectivity index is 2.05. The van der Waals surface area contributed by atoms with Crippen molar-refractivity contribution in [3.63, 3.8) is 0 Å². The topological polar surface area (TPSA) is 47.3 Å². The van der Waals surface area contributed by atoms with Crippen molar-refractivity contribution in [2.24, 2.45) is 11.8 Å². The molecule has 1 heterocycles. The normalized spacial score (nSPS) is 22.9. The maximum Gasteiger partial charge on any atom is 0.0576 e. The molecular weight excluding hydrogens is 200 g/mol. The second-order valence-corrected chi connectivity index (χ2v) is 5.40. The van der Waals surface area contributed by atoms with Crippen LogP contribution in [0.25, 0.3) is 0 Å². The van der Waals surface area contributed by atoms with Gasteiger partial charge in [-0.15, -0.1) is 0 Å². The molecular formula is C13H28N2O. The van der Waals surface area contributed by atoms with Crippen LogP contribution in [0.4, 0.5) is 0 Å². The van der Waals surface area contributed by atoms with E-state index in [2.05, 4.69) is 19.3 Å². The molecule has 0 amide bonds. The standard InChI is InChI=1S/C13H28N2O/c1-11(2)5-3-6-12(15-14)8-9-13-7-4-10-16-13/h11-13,15H,3-10,14H2,1-2H3. The van der Waals surface area contributed by atoms with E-state index in [1.807, 2.05) is 0 Å². The molecule has 1 rings (SSSR count). The summed E-state index contributed by atoms with van der Waals surface area (Å²) in [6, 6.07) is 0.475. The largest absolute Gasteiger partial charge is 0.378 e. The van der Waals surface area contributed by atoms with Gasteiger partial charge in [0.2, 0.25) is 0 Å². The van der Waals surface area contributed by atoms with E-state index in [0.29, 0.717) is 12.1 Å². The third-order valence-corrected chi connectivity index (χ3v) is 3.43. The van der Waals surface area contributed by atoms with Gasteiger partial charge in [0.25, 0.3) is 0 Å². The van der Waals surface area contributed by atoms with Crippen LogP contribution in [0.15, 0.2) is 0 Å². The SMILES string of the molecule is CC(C)CCCC(CCC1CCCO1)NN. The molecule has 1 saturated heterocycles. The average Bonchev–Trinajstić information content (AvgIpc) is 2.75. The van der Waals surface area contributed by atoms with Gasteiger partial charge in [0.1, 0.15) is 0 Å². The van der Waals surface area contributed by atoms with Crippen LogP contribution >= 0.6 is 0 Å². The molecule has 3 nitrogen and oxygen atoms in total. The molecule has 96 valence electrons. The number of nitrogens with two attached hydrogens (primary N) is 1. The van der Waals surface area contributed by atoms with Gasteiger partial charge >= 0.3 is 0 Å². The summed E-state index contributed by atoms with van der Waals surface area (Å²) in [6.07, 6.45) is 9.07. The van der Waals surface area contributed by atoms with Crippen LogP contribution in [0.1, 0.15) is 58.8 Å². The number of hydrazine groups is 1. The summed E-state index contributed by atoms with van der Waals surface area (Å²) >= 11 is 0. The van der Waals surface area contributed by atoms with Gasteiger partial charge < -0.3 is 4.74 Å². The van der Waals surface area contributed by atoms with Crippen LogP contribution in [-0.4, -0.2) is 18.8 Å². The molecule has 3 heteroatoms. The second kappa shape index (κ2) is 8.04. The lowest BCUT2D eigenvalue weighted by molar-refractivity contribution is 0.0991. The van der Waals surface area contributed by atoms with Crippen LogP contribution in [0.5, 0.6) is 0 Å². The fourth-order valence-corrected chi connectivity index (χ4v) is 2.34. The van der Waals surface area contributed by atoms with Gasteiger partial charge in [-0.1, -0.05) is 26.7 Å². The molecule has 1 aliphatic rings. The highest BCUT2D eigenvalue weighted by molar-refractivity contribution is 4.70.